The van der Waals surface area contributed by atoms with Crippen LogP contribution < -0.4 is 10.6 Å². The van der Waals surface area contributed by atoms with Gasteiger partial charge in [0.05, 0.1) is 11.7 Å². The quantitative estimate of drug-likeness (QED) is 0.767. The molecule has 2 saturated heterocycles. The summed E-state index contributed by atoms with van der Waals surface area (Å²) in [5.41, 5.74) is 2.16. The molecule has 1 unspecified atom stereocenters. The van der Waals surface area contributed by atoms with Gasteiger partial charge in [-0.1, -0.05) is 35.5 Å². The second-order valence-corrected chi connectivity index (χ2v) is 7.51. The van der Waals surface area contributed by atoms with Crippen molar-refractivity contribution in [2.45, 2.75) is 44.8 Å². The third-order valence-electron chi connectivity index (χ3n) is 5.62. The number of aromatic nitrogens is 3. The van der Waals surface area contributed by atoms with Crippen molar-refractivity contribution in [3.8, 4) is 0 Å². The summed E-state index contributed by atoms with van der Waals surface area (Å²) in [6.07, 6.45) is 2.56. The second kappa shape index (κ2) is 9.37. The summed E-state index contributed by atoms with van der Waals surface area (Å²) in [6.45, 7) is 4.96. The van der Waals surface area contributed by atoms with Gasteiger partial charge in [-0.05, 0) is 44.8 Å². The van der Waals surface area contributed by atoms with Crippen molar-refractivity contribution in [3.05, 3.63) is 47.3 Å². The molecule has 1 atom stereocenters. The highest BCUT2D eigenvalue weighted by molar-refractivity contribution is 5.97. The summed E-state index contributed by atoms with van der Waals surface area (Å²) in [5, 5.41) is 14.5. The molecule has 2 fully saturated rings. The molecular formula is C20H27ClN6O2. The third-order valence-corrected chi connectivity index (χ3v) is 5.62. The number of amides is 2. The lowest BCUT2D eigenvalue weighted by molar-refractivity contribution is -0.129. The fourth-order valence-corrected chi connectivity index (χ4v) is 4.01. The molecule has 0 saturated carbocycles. The smallest absolute Gasteiger partial charge is 0.274 e. The lowest BCUT2D eigenvalue weighted by Crippen LogP contribution is -2.41. The molecule has 2 aliphatic rings. The highest BCUT2D eigenvalue weighted by Gasteiger charge is 2.34. The fourth-order valence-electron chi connectivity index (χ4n) is 4.01. The number of nitrogens with one attached hydrogen (secondary N) is 2. The first-order valence-corrected chi connectivity index (χ1v) is 9.89. The molecule has 1 aromatic carbocycles. The van der Waals surface area contributed by atoms with E-state index in [1.165, 1.54) is 0 Å². The van der Waals surface area contributed by atoms with E-state index in [1.54, 1.807) is 4.90 Å². The highest BCUT2D eigenvalue weighted by atomic mass is 35.5. The normalized spacial score (nSPS) is 19.8. The minimum absolute atomic E-state index is 0. The summed E-state index contributed by atoms with van der Waals surface area (Å²) in [5.74, 6) is -0.363. The van der Waals surface area contributed by atoms with Gasteiger partial charge in [0.15, 0.2) is 5.69 Å². The summed E-state index contributed by atoms with van der Waals surface area (Å²) in [6, 6.07) is 9.65. The molecule has 0 bridgehead atoms. The van der Waals surface area contributed by atoms with Gasteiger partial charge in [0, 0.05) is 13.1 Å². The second-order valence-electron chi connectivity index (χ2n) is 7.51. The van der Waals surface area contributed by atoms with Gasteiger partial charge in [0.25, 0.3) is 5.91 Å². The summed E-state index contributed by atoms with van der Waals surface area (Å²) < 4.78 is 1.86. The predicted molar refractivity (Wildman–Crippen MR) is 111 cm³/mol. The van der Waals surface area contributed by atoms with Gasteiger partial charge in [0.2, 0.25) is 5.91 Å². The van der Waals surface area contributed by atoms with E-state index >= 15 is 0 Å². The first kappa shape index (κ1) is 21.3. The minimum Gasteiger partial charge on any atom is -0.339 e. The van der Waals surface area contributed by atoms with Gasteiger partial charge in [-0.2, -0.15) is 0 Å². The number of piperidine rings is 1. The molecular weight excluding hydrogens is 392 g/mol. The summed E-state index contributed by atoms with van der Waals surface area (Å²) in [4.78, 5) is 27.2. The topological polar surface area (TPSA) is 92.2 Å². The van der Waals surface area contributed by atoms with E-state index in [0.29, 0.717) is 25.2 Å². The number of likely N-dealkylation sites (tertiary alicyclic amines) is 1. The van der Waals surface area contributed by atoms with Crippen LogP contribution in [-0.4, -0.2) is 57.4 Å². The molecule has 3 heterocycles. The number of rotatable bonds is 5. The number of benzene rings is 1. The zero-order valence-corrected chi connectivity index (χ0v) is 17.3. The van der Waals surface area contributed by atoms with Crippen molar-refractivity contribution in [3.63, 3.8) is 0 Å². The van der Waals surface area contributed by atoms with Crippen molar-refractivity contribution in [2.24, 2.45) is 0 Å². The van der Waals surface area contributed by atoms with Crippen LogP contribution in [0.25, 0.3) is 0 Å². The Labute approximate surface area is 176 Å². The molecule has 29 heavy (non-hydrogen) atoms. The number of carbonyl (C=O) groups is 2. The van der Waals surface area contributed by atoms with E-state index < -0.39 is 6.04 Å². The molecule has 2 aliphatic heterocycles. The van der Waals surface area contributed by atoms with E-state index in [1.807, 2.05) is 41.9 Å². The number of halogens is 1. The predicted octanol–water partition coefficient (Wildman–Crippen LogP) is 1.46. The van der Waals surface area contributed by atoms with Crippen LogP contribution in [0.5, 0.6) is 0 Å². The molecule has 0 aliphatic carbocycles. The van der Waals surface area contributed by atoms with E-state index in [-0.39, 0.29) is 30.3 Å². The average molecular weight is 419 g/mol. The van der Waals surface area contributed by atoms with Crippen molar-refractivity contribution >= 4 is 24.2 Å². The minimum atomic E-state index is -0.500. The Balaban J connectivity index is 0.00000240. The third kappa shape index (κ3) is 4.59. The lowest BCUT2D eigenvalue weighted by Gasteiger charge is -2.23. The van der Waals surface area contributed by atoms with Crippen molar-refractivity contribution in [1.29, 1.82) is 0 Å². The number of carbonyl (C=O) groups excluding carboxylic acids is 2. The van der Waals surface area contributed by atoms with Gasteiger partial charge in [0.1, 0.15) is 6.04 Å². The van der Waals surface area contributed by atoms with E-state index in [0.717, 1.165) is 37.2 Å². The van der Waals surface area contributed by atoms with Crippen LogP contribution in [0.4, 0.5) is 0 Å². The molecule has 4 rings (SSSR count). The highest BCUT2D eigenvalue weighted by Crippen LogP contribution is 2.21. The SMILES string of the molecule is Cc1c(C(=O)NC2CCN(Cc3ccccc3)C2=O)nnn1C1CCNCC1.Cl. The molecule has 156 valence electrons. The first-order valence-electron chi connectivity index (χ1n) is 9.89. The van der Waals surface area contributed by atoms with Crippen LogP contribution in [0, 0.1) is 6.92 Å². The van der Waals surface area contributed by atoms with Crippen LogP contribution in [-0.2, 0) is 11.3 Å². The van der Waals surface area contributed by atoms with Crippen LogP contribution in [0.3, 0.4) is 0 Å². The van der Waals surface area contributed by atoms with Crippen molar-refractivity contribution in [2.75, 3.05) is 19.6 Å². The van der Waals surface area contributed by atoms with Gasteiger partial charge >= 0.3 is 0 Å². The molecule has 2 aromatic rings. The van der Waals surface area contributed by atoms with Crippen molar-refractivity contribution < 1.29 is 9.59 Å². The molecule has 2 N–H and O–H groups in total. The molecule has 8 nitrogen and oxygen atoms in total. The zero-order chi connectivity index (χ0) is 19.5. The number of hydrogen-bond acceptors (Lipinski definition) is 5. The molecule has 0 spiro atoms. The van der Waals surface area contributed by atoms with Crippen LogP contribution in [0.1, 0.15) is 47.1 Å². The standard InChI is InChI=1S/C20H26N6O2.ClH/c1-14-18(23-24-26(14)16-7-10-21-11-8-16)19(27)22-17-9-12-25(20(17)28)13-15-5-3-2-4-6-15;/h2-6,16-17,21H,7-13H2,1H3,(H,22,27);1H. The van der Waals surface area contributed by atoms with Gasteiger partial charge in [-0.15, -0.1) is 17.5 Å². The van der Waals surface area contributed by atoms with Gasteiger partial charge in [-0.3, -0.25) is 9.59 Å². The van der Waals surface area contributed by atoms with E-state index in [2.05, 4.69) is 20.9 Å². The molecule has 1 aromatic heterocycles. The van der Waals surface area contributed by atoms with Gasteiger partial charge in [-0.25, -0.2) is 4.68 Å². The number of hydrogen-bond donors (Lipinski definition) is 2. The van der Waals surface area contributed by atoms with Crippen LogP contribution in [0.2, 0.25) is 0 Å². The van der Waals surface area contributed by atoms with E-state index in [4.69, 9.17) is 0 Å². The zero-order valence-electron chi connectivity index (χ0n) is 16.5. The largest absolute Gasteiger partial charge is 0.339 e. The first-order chi connectivity index (χ1) is 13.6. The Morgan fingerprint density at radius 2 is 1.93 bits per heavy atom. The maximum absolute atomic E-state index is 12.7. The van der Waals surface area contributed by atoms with Gasteiger partial charge < -0.3 is 15.5 Å². The summed E-state index contributed by atoms with van der Waals surface area (Å²) in [7, 11) is 0. The fraction of sp³-hybridized carbons (Fsp3) is 0.500. The lowest BCUT2D eigenvalue weighted by atomic mass is 10.1. The Morgan fingerprint density at radius 3 is 2.66 bits per heavy atom. The maximum atomic E-state index is 12.7. The van der Waals surface area contributed by atoms with Crippen LogP contribution >= 0.6 is 12.4 Å². The Bertz CT molecular complexity index is 850. The Kier molecular flexibility index (Phi) is 6.87. The Hall–Kier alpha value is -2.45. The molecule has 2 amide bonds. The average Bonchev–Trinajstić information content (AvgIpc) is 3.27. The van der Waals surface area contributed by atoms with Crippen molar-refractivity contribution in [1.82, 2.24) is 30.5 Å². The summed E-state index contributed by atoms with van der Waals surface area (Å²) >= 11 is 0. The van der Waals surface area contributed by atoms with Crippen LogP contribution in [0.15, 0.2) is 30.3 Å². The molecule has 9 heteroatoms. The van der Waals surface area contributed by atoms with E-state index in [9.17, 15) is 9.59 Å². The molecule has 0 radical (unpaired) electrons. The Morgan fingerprint density at radius 1 is 1.21 bits per heavy atom. The number of nitrogens with zero attached hydrogens (tertiary/aromatic N) is 4. The maximum Gasteiger partial charge on any atom is 0.274 e. The monoisotopic (exact) mass is 418 g/mol.